The van der Waals surface area contributed by atoms with Gasteiger partial charge in [0.1, 0.15) is 0 Å². The van der Waals surface area contributed by atoms with E-state index in [9.17, 15) is 0 Å². The first-order chi connectivity index (χ1) is 7.04. The van der Waals surface area contributed by atoms with E-state index >= 15 is 0 Å². The van der Waals surface area contributed by atoms with Gasteiger partial charge in [0.15, 0.2) is 5.84 Å². The third-order valence-corrected chi connectivity index (χ3v) is 2.15. The Hall–Kier alpha value is -1.39. The van der Waals surface area contributed by atoms with Crippen LogP contribution in [-0.2, 0) is 6.42 Å². The second-order valence-corrected chi connectivity index (χ2v) is 3.60. The number of benzene rings is 1. The molecule has 0 fully saturated rings. The molecule has 15 heavy (non-hydrogen) atoms. The smallest absolute Gasteiger partial charge is 0.183 e. The summed E-state index contributed by atoms with van der Waals surface area (Å²) in [5.41, 5.74) is 2.64. The van der Waals surface area contributed by atoms with Gasteiger partial charge in [0, 0.05) is 5.56 Å². The molecular weight excluding hydrogens is 192 g/mol. The first-order valence-corrected chi connectivity index (χ1v) is 4.92. The predicted molar refractivity (Wildman–Crippen MR) is 57.4 cm³/mol. The van der Waals surface area contributed by atoms with Crippen LogP contribution in [-0.4, -0.2) is 21.5 Å². The second-order valence-electron chi connectivity index (χ2n) is 3.60. The summed E-state index contributed by atoms with van der Waals surface area (Å²) >= 11 is 0. The zero-order valence-corrected chi connectivity index (χ0v) is 8.99. The van der Waals surface area contributed by atoms with Crippen LogP contribution in [0.5, 0.6) is 0 Å². The van der Waals surface area contributed by atoms with Gasteiger partial charge in [-0.1, -0.05) is 25.0 Å². The molecule has 0 amide bonds. The molecule has 0 bridgehead atoms. The van der Waals surface area contributed by atoms with Crippen molar-refractivity contribution in [1.29, 1.82) is 5.41 Å². The molecule has 1 rings (SSSR count). The van der Waals surface area contributed by atoms with Crippen molar-refractivity contribution in [1.82, 2.24) is 5.23 Å². The van der Waals surface area contributed by atoms with Crippen molar-refractivity contribution < 1.29 is 10.4 Å². The maximum atomic E-state index is 8.75. The molecule has 0 saturated carbocycles. The number of hydrogen-bond acceptors (Lipinski definition) is 3. The topological polar surface area (TPSA) is 67.6 Å². The van der Waals surface area contributed by atoms with E-state index in [1.165, 1.54) is 0 Å². The Morgan fingerprint density at radius 1 is 1.33 bits per heavy atom. The van der Waals surface area contributed by atoms with E-state index in [1.807, 2.05) is 13.0 Å². The molecule has 1 aromatic carbocycles. The highest BCUT2D eigenvalue weighted by atomic mass is 16.8. The lowest BCUT2D eigenvalue weighted by Gasteiger charge is -2.11. The van der Waals surface area contributed by atoms with Gasteiger partial charge >= 0.3 is 0 Å². The number of nitrogens with one attached hydrogen (secondary N) is 1. The first-order valence-electron chi connectivity index (χ1n) is 4.92. The van der Waals surface area contributed by atoms with Gasteiger partial charge in [-0.15, -0.1) is 5.23 Å². The molecule has 0 saturated heterocycles. The molecule has 4 nitrogen and oxygen atoms in total. The van der Waals surface area contributed by atoms with E-state index < -0.39 is 0 Å². The van der Waals surface area contributed by atoms with Crippen molar-refractivity contribution in [2.45, 2.75) is 26.7 Å². The summed E-state index contributed by atoms with van der Waals surface area (Å²) in [4.78, 5) is 0. The fourth-order valence-electron chi connectivity index (χ4n) is 1.55. The predicted octanol–water partition coefficient (Wildman–Crippen LogP) is 2.35. The van der Waals surface area contributed by atoms with E-state index in [0.717, 1.165) is 24.0 Å². The monoisotopic (exact) mass is 208 g/mol. The quantitative estimate of drug-likeness (QED) is 0.406. The van der Waals surface area contributed by atoms with Crippen molar-refractivity contribution in [3.05, 3.63) is 34.9 Å². The van der Waals surface area contributed by atoms with Crippen LogP contribution in [0.3, 0.4) is 0 Å². The zero-order valence-electron chi connectivity index (χ0n) is 8.99. The van der Waals surface area contributed by atoms with Crippen LogP contribution in [0.1, 0.15) is 30.0 Å². The third-order valence-electron chi connectivity index (χ3n) is 2.15. The van der Waals surface area contributed by atoms with Crippen LogP contribution in [0.2, 0.25) is 0 Å². The van der Waals surface area contributed by atoms with E-state index in [-0.39, 0.29) is 11.1 Å². The highest BCUT2D eigenvalue weighted by Gasteiger charge is 2.08. The van der Waals surface area contributed by atoms with Gasteiger partial charge in [0.05, 0.1) is 0 Å². The SMILES string of the molecule is CCCc1cc(C)cc(C(=N)N(O)O)c1. The first kappa shape index (κ1) is 11.7. The third kappa shape index (κ3) is 3.04. The summed E-state index contributed by atoms with van der Waals surface area (Å²) < 4.78 is 0. The van der Waals surface area contributed by atoms with Crippen molar-refractivity contribution in [2.75, 3.05) is 0 Å². The molecule has 0 aliphatic heterocycles. The number of nitrogens with zero attached hydrogens (tertiary/aromatic N) is 1. The normalized spacial score (nSPS) is 10.1. The Bertz CT molecular complexity index is 362. The summed E-state index contributed by atoms with van der Waals surface area (Å²) in [7, 11) is 0. The van der Waals surface area contributed by atoms with Gasteiger partial charge < -0.3 is 0 Å². The van der Waals surface area contributed by atoms with Gasteiger partial charge in [0.25, 0.3) is 0 Å². The summed E-state index contributed by atoms with van der Waals surface area (Å²) in [6.45, 7) is 4.01. The van der Waals surface area contributed by atoms with Gasteiger partial charge in [-0.3, -0.25) is 15.8 Å². The molecule has 3 N–H and O–H groups in total. The standard InChI is InChI=1S/C11H16N2O2/c1-3-4-9-5-8(2)6-10(7-9)11(12)13(14)15/h5-7,12,14-15H,3-4H2,1-2H3. The summed E-state index contributed by atoms with van der Waals surface area (Å²) in [5.74, 6) is -0.309. The van der Waals surface area contributed by atoms with Gasteiger partial charge in [0.2, 0.25) is 0 Å². The highest BCUT2D eigenvalue weighted by molar-refractivity contribution is 5.95. The Balaban J connectivity index is 3.03. The molecule has 0 aromatic heterocycles. The number of hydrogen-bond donors (Lipinski definition) is 3. The van der Waals surface area contributed by atoms with Crippen LogP contribution >= 0.6 is 0 Å². The molecule has 0 aliphatic rings. The summed E-state index contributed by atoms with van der Waals surface area (Å²) in [5, 5.41) is 24.8. The van der Waals surface area contributed by atoms with Crippen molar-refractivity contribution in [2.24, 2.45) is 0 Å². The van der Waals surface area contributed by atoms with E-state index in [2.05, 4.69) is 6.92 Å². The second kappa shape index (κ2) is 4.91. The lowest BCUT2D eigenvalue weighted by Crippen LogP contribution is -2.23. The van der Waals surface area contributed by atoms with Crippen molar-refractivity contribution in [3.8, 4) is 0 Å². The van der Waals surface area contributed by atoms with Crippen LogP contribution < -0.4 is 0 Å². The molecule has 0 spiro atoms. The van der Waals surface area contributed by atoms with Crippen molar-refractivity contribution >= 4 is 5.84 Å². The molecule has 1 aromatic rings. The lowest BCUT2D eigenvalue weighted by molar-refractivity contribution is -0.244. The van der Waals surface area contributed by atoms with E-state index in [4.69, 9.17) is 15.8 Å². The minimum absolute atomic E-state index is 0.162. The molecule has 82 valence electrons. The maximum Gasteiger partial charge on any atom is 0.183 e. The Morgan fingerprint density at radius 2 is 2.00 bits per heavy atom. The molecule has 0 aliphatic carbocycles. The molecule has 0 unspecified atom stereocenters. The average Bonchev–Trinajstić information content (AvgIpc) is 2.16. The molecule has 0 heterocycles. The Labute approximate surface area is 89.2 Å². The molecule has 0 atom stereocenters. The van der Waals surface area contributed by atoms with Crippen molar-refractivity contribution in [3.63, 3.8) is 0 Å². The Morgan fingerprint density at radius 3 is 2.53 bits per heavy atom. The maximum absolute atomic E-state index is 8.75. The van der Waals surface area contributed by atoms with E-state index in [1.54, 1.807) is 12.1 Å². The van der Waals surface area contributed by atoms with Crippen LogP contribution in [0.25, 0.3) is 0 Å². The number of amidine groups is 1. The highest BCUT2D eigenvalue weighted by Crippen LogP contribution is 2.12. The minimum atomic E-state index is -0.309. The fourth-order valence-corrected chi connectivity index (χ4v) is 1.55. The van der Waals surface area contributed by atoms with Crippen LogP contribution in [0.15, 0.2) is 18.2 Å². The van der Waals surface area contributed by atoms with Gasteiger partial charge in [-0.05, 0) is 31.0 Å². The number of hydroxylamine groups is 2. The van der Waals surface area contributed by atoms with Gasteiger partial charge in [-0.25, -0.2) is 0 Å². The molecule has 4 heteroatoms. The van der Waals surface area contributed by atoms with E-state index in [0.29, 0.717) is 5.56 Å². The zero-order chi connectivity index (χ0) is 11.4. The molecule has 0 radical (unpaired) electrons. The summed E-state index contributed by atoms with van der Waals surface area (Å²) in [6.07, 6.45) is 1.96. The van der Waals surface area contributed by atoms with Crippen LogP contribution in [0, 0.1) is 12.3 Å². The summed E-state index contributed by atoms with van der Waals surface area (Å²) in [6, 6.07) is 5.60. The van der Waals surface area contributed by atoms with Gasteiger partial charge in [-0.2, -0.15) is 0 Å². The minimum Gasteiger partial charge on any atom is -0.280 e. The number of aryl methyl sites for hydroxylation is 2. The Kier molecular flexibility index (Phi) is 3.82. The lowest BCUT2D eigenvalue weighted by atomic mass is 10.0. The fraction of sp³-hybridized carbons (Fsp3) is 0.364. The molecular formula is C11H16N2O2. The number of rotatable bonds is 3. The largest absolute Gasteiger partial charge is 0.280 e. The average molecular weight is 208 g/mol. The van der Waals surface area contributed by atoms with Crippen LogP contribution in [0.4, 0.5) is 0 Å².